The summed E-state index contributed by atoms with van der Waals surface area (Å²) in [5, 5.41) is 10.5. The first kappa shape index (κ1) is 16.3. The Hall–Kier alpha value is -1.10. The molecular formula is C17H26O4. The van der Waals surface area contributed by atoms with Crippen LogP contribution in [-0.4, -0.2) is 38.1 Å². The van der Waals surface area contributed by atoms with Gasteiger partial charge in [-0.15, -0.1) is 0 Å². The lowest BCUT2D eigenvalue weighted by molar-refractivity contribution is -0.0668. The van der Waals surface area contributed by atoms with Gasteiger partial charge in [-0.05, 0) is 42.0 Å². The molecule has 0 heterocycles. The molecule has 0 aliphatic heterocycles. The van der Waals surface area contributed by atoms with E-state index in [9.17, 15) is 5.11 Å². The van der Waals surface area contributed by atoms with Crippen LogP contribution in [0.15, 0.2) is 18.2 Å². The Labute approximate surface area is 127 Å². The highest BCUT2D eigenvalue weighted by molar-refractivity contribution is 5.39. The van der Waals surface area contributed by atoms with Crippen LogP contribution in [0.1, 0.15) is 37.5 Å². The number of rotatable bonds is 7. The van der Waals surface area contributed by atoms with Gasteiger partial charge in [0.1, 0.15) is 11.9 Å². The fraction of sp³-hybridized carbons (Fsp3) is 0.647. The number of benzene rings is 1. The van der Waals surface area contributed by atoms with Crippen LogP contribution in [0.25, 0.3) is 0 Å². The Morgan fingerprint density at radius 3 is 2.81 bits per heavy atom. The van der Waals surface area contributed by atoms with Crippen LogP contribution in [0.5, 0.6) is 5.75 Å². The third-order valence-electron chi connectivity index (χ3n) is 3.73. The minimum atomic E-state index is -0.589. The lowest BCUT2D eigenvalue weighted by Gasteiger charge is -2.30. The van der Waals surface area contributed by atoms with Gasteiger partial charge in [-0.1, -0.05) is 19.9 Å². The summed E-state index contributed by atoms with van der Waals surface area (Å²) >= 11 is 0. The minimum absolute atomic E-state index is 0.160. The molecule has 0 aromatic heterocycles. The molecule has 2 unspecified atom stereocenters. The van der Waals surface area contributed by atoms with Gasteiger partial charge in [0.2, 0.25) is 0 Å². The SMILES string of the molecule is COc1ccc2c(c1)C(O)C(OCCOCC(C)C)CC2. The lowest BCUT2D eigenvalue weighted by atomic mass is 9.87. The Morgan fingerprint density at radius 1 is 1.29 bits per heavy atom. The molecule has 1 aliphatic rings. The molecule has 0 saturated carbocycles. The molecule has 2 atom stereocenters. The second kappa shape index (κ2) is 7.78. The fourth-order valence-electron chi connectivity index (χ4n) is 2.61. The first-order chi connectivity index (χ1) is 10.1. The number of ether oxygens (including phenoxy) is 3. The van der Waals surface area contributed by atoms with Gasteiger partial charge in [0.15, 0.2) is 0 Å². The maximum atomic E-state index is 10.5. The summed E-state index contributed by atoms with van der Waals surface area (Å²) in [5.74, 6) is 1.30. The van der Waals surface area contributed by atoms with Gasteiger partial charge < -0.3 is 19.3 Å². The van der Waals surface area contributed by atoms with E-state index in [0.29, 0.717) is 19.1 Å². The van der Waals surface area contributed by atoms with Gasteiger partial charge in [-0.3, -0.25) is 0 Å². The summed E-state index contributed by atoms with van der Waals surface area (Å²) in [4.78, 5) is 0. The molecular weight excluding hydrogens is 268 g/mol. The first-order valence-corrected chi connectivity index (χ1v) is 7.66. The van der Waals surface area contributed by atoms with E-state index in [1.165, 1.54) is 5.56 Å². The Morgan fingerprint density at radius 2 is 2.10 bits per heavy atom. The van der Waals surface area contributed by atoms with Gasteiger partial charge in [-0.25, -0.2) is 0 Å². The molecule has 1 N–H and O–H groups in total. The zero-order valence-corrected chi connectivity index (χ0v) is 13.2. The molecule has 0 radical (unpaired) electrons. The number of hydrogen-bond acceptors (Lipinski definition) is 4. The number of aliphatic hydroxyl groups is 1. The summed E-state index contributed by atoms with van der Waals surface area (Å²) < 4.78 is 16.5. The summed E-state index contributed by atoms with van der Waals surface area (Å²) in [6, 6.07) is 5.87. The van der Waals surface area contributed by atoms with E-state index in [2.05, 4.69) is 13.8 Å². The van der Waals surface area contributed by atoms with E-state index < -0.39 is 6.10 Å². The van der Waals surface area contributed by atoms with Gasteiger partial charge in [0, 0.05) is 6.61 Å². The molecule has 1 aliphatic carbocycles. The monoisotopic (exact) mass is 294 g/mol. The second-order valence-corrected chi connectivity index (χ2v) is 5.93. The van der Waals surface area contributed by atoms with Crippen molar-refractivity contribution in [1.82, 2.24) is 0 Å². The molecule has 0 fully saturated rings. The lowest BCUT2D eigenvalue weighted by Crippen LogP contribution is -2.29. The van der Waals surface area contributed by atoms with E-state index in [0.717, 1.165) is 30.8 Å². The number of hydrogen-bond donors (Lipinski definition) is 1. The quantitative estimate of drug-likeness (QED) is 0.786. The minimum Gasteiger partial charge on any atom is -0.497 e. The van der Waals surface area contributed by atoms with Crippen LogP contribution in [0.2, 0.25) is 0 Å². The smallest absolute Gasteiger partial charge is 0.119 e. The molecule has 1 aromatic carbocycles. The zero-order valence-electron chi connectivity index (χ0n) is 13.2. The zero-order chi connectivity index (χ0) is 15.2. The molecule has 0 spiro atoms. The van der Waals surface area contributed by atoms with Crippen LogP contribution in [0, 0.1) is 5.92 Å². The van der Waals surface area contributed by atoms with Crippen LogP contribution in [0.3, 0.4) is 0 Å². The fourth-order valence-corrected chi connectivity index (χ4v) is 2.61. The predicted octanol–water partition coefficient (Wildman–Crippen LogP) is 2.73. The number of aliphatic hydroxyl groups excluding tert-OH is 1. The van der Waals surface area contributed by atoms with Crippen molar-refractivity contribution in [2.45, 2.75) is 38.9 Å². The number of fused-ring (bicyclic) bond motifs is 1. The molecule has 0 bridgehead atoms. The van der Waals surface area contributed by atoms with Crippen molar-refractivity contribution in [3.63, 3.8) is 0 Å². The molecule has 118 valence electrons. The van der Waals surface area contributed by atoms with Crippen LogP contribution in [0.4, 0.5) is 0 Å². The van der Waals surface area contributed by atoms with Crippen molar-refractivity contribution in [2.75, 3.05) is 26.9 Å². The van der Waals surface area contributed by atoms with Crippen LogP contribution < -0.4 is 4.74 Å². The first-order valence-electron chi connectivity index (χ1n) is 7.66. The van der Waals surface area contributed by atoms with E-state index in [1.807, 2.05) is 18.2 Å². The third kappa shape index (κ3) is 4.43. The molecule has 21 heavy (non-hydrogen) atoms. The highest BCUT2D eigenvalue weighted by Crippen LogP contribution is 2.34. The van der Waals surface area contributed by atoms with E-state index in [-0.39, 0.29) is 6.10 Å². The third-order valence-corrected chi connectivity index (χ3v) is 3.73. The normalized spacial score (nSPS) is 21.4. The maximum absolute atomic E-state index is 10.5. The predicted molar refractivity (Wildman–Crippen MR) is 81.7 cm³/mol. The topological polar surface area (TPSA) is 47.9 Å². The van der Waals surface area contributed by atoms with Crippen molar-refractivity contribution < 1.29 is 19.3 Å². The van der Waals surface area contributed by atoms with Crippen molar-refractivity contribution in [2.24, 2.45) is 5.92 Å². The van der Waals surface area contributed by atoms with Gasteiger partial charge in [-0.2, -0.15) is 0 Å². The van der Waals surface area contributed by atoms with Gasteiger partial charge in [0.05, 0.1) is 26.4 Å². The van der Waals surface area contributed by atoms with Crippen molar-refractivity contribution in [3.05, 3.63) is 29.3 Å². The molecule has 4 heteroatoms. The maximum Gasteiger partial charge on any atom is 0.119 e. The number of aryl methyl sites for hydroxylation is 1. The average Bonchev–Trinajstić information content (AvgIpc) is 2.48. The molecule has 0 saturated heterocycles. The van der Waals surface area contributed by atoms with Crippen molar-refractivity contribution >= 4 is 0 Å². The summed E-state index contributed by atoms with van der Waals surface area (Å²) in [5.41, 5.74) is 2.10. The standard InChI is InChI=1S/C17H26O4/c1-12(2)11-20-8-9-21-16-7-5-13-4-6-14(19-3)10-15(13)17(16)18/h4,6,10,12,16-18H,5,7-9,11H2,1-3H3. The van der Waals surface area contributed by atoms with Gasteiger partial charge in [0.25, 0.3) is 0 Å². The van der Waals surface area contributed by atoms with E-state index >= 15 is 0 Å². The highest BCUT2D eigenvalue weighted by atomic mass is 16.5. The van der Waals surface area contributed by atoms with E-state index in [1.54, 1.807) is 7.11 Å². The van der Waals surface area contributed by atoms with Crippen molar-refractivity contribution in [3.8, 4) is 5.75 Å². The average molecular weight is 294 g/mol. The summed E-state index contributed by atoms with van der Waals surface area (Å²) in [6.07, 6.45) is 1.01. The van der Waals surface area contributed by atoms with Crippen molar-refractivity contribution in [1.29, 1.82) is 0 Å². The second-order valence-electron chi connectivity index (χ2n) is 5.93. The van der Waals surface area contributed by atoms with Crippen LogP contribution in [-0.2, 0) is 15.9 Å². The number of methoxy groups -OCH3 is 1. The highest BCUT2D eigenvalue weighted by Gasteiger charge is 2.28. The van der Waals surface area contributed by atoms with Gasteiger partial charge >= 0.3 is 0 Å². The van der Waals surface area contributed by atoms with E-state index in [4.69, 9.17) is 14.2 Å². The summed E-state index contributed by atoms with van der Waals surface area (Å²) in [6.45, 7) is 6.09. The molecule has 0 amide bonds. The molecule has 2 rings (SSSR count). The molecule has 4 nitrogen and oxygen atoms in total. The molecule has 1 aromatic rings. The van der Waals surface area contributed by atoms with Crippen LogP contribution >= 0.6 is 0 Å². The Bertz CT molecular complexity index is 444. The Balaban J connectivity index is 1.86. The Kier molecular flexibility index (Phi) is 6.03. The summed E-state index contributed by atoms with van der Waals surface area (Å²) in [7, 11) is 1.64. The largest absolute Gasteiger partial charge is 0.497 e.